The molecule has 7 nitrogen and oxygen atoms in total. The fraction of sp³-hybridized carbons (Fsp3) is 0.333. The topological polar surface area (TPSA) is 88.1 Å². The van der Waals surface area contributed by atoms with E-state index in [1.54, 1.807) is 18.2 Å². The van der Waals surface area contributed by atoms with Gasteiger partial charge in [0.05, 0.1) is 17.2 Å². The van der Waals surface area contributed by atoms with Gasteiger partial charge in [0, 0.05) is 6.54 Å². The summed E-state index contributed by atoms with van der Waals surface area (Å²) in [4.78, 5) is 26.5. The number of aromatic carboxylic acids is 1. The SMILES string of the molecule is O=C(N[C@@H](c1ccccc1)c1cccc(OCc2ccc(C(=O)O)c(C(F)(F)F)c2)c1)OC1CN2CCC1CC2. The molecule has 0 spiro atoms. The molecule has 2 bridgehead atoms. The third-order valence-corrected chi connectivity index (χ3v) is 7.47. The number of carboxylic acids is 1. The molecule has 0 aliphatic carbocycles. The zero-order valence-corrected chi connectivity index (χ0v) is 21.6. The van der Waals surface area contributed by atoms with E-state index in [4.69, 9.17) is 14.6 Å². The van der Waals surface area contributed by atoms with Crippen molar-refractivity contribution in [2.75, 3.05) is 19.6 Å². The largest absolute Gasteiger partial charge is 0.489 e. The molecule has 3 aromatic carbocycles. The molecule has 2 atom stereocenters. The van der Waals surface area contributed by atoms with E-state index in [1.165, 1.54) is 6.07 Å². The predicted octanol–water partition coefficient (Wildman–Crippen LogP) is 5.89. The van der Waals surface area contributed by atoms with Gasteiger partial charge >= 0.3 is 18.2 Å². The van der Waals surface area contributed by atoms with Crippen LogP contribution >= 0.6 is 0 Å². The van der Waals surface area contributed by atoms with Gasteiger partial charge in [0.2, 0.25) is 0 Å². The third kappa shape index (κ3) is 6.39. The molecule has 3 saturated heterocycles. The summed E-state index contributed by atoms with van der Waals surface area (Å²) in [6, 6.07) is 18.7. The molecule has 0 radical (unpaired) electrons. The van der Waals surface area contributed by atoms with Crippen molar-refractivity contribution in [1.29, 1.82) is 0 Å². The van der Waals surface area contributed by atoms with Gasteiger partial charge in [-0.05, 0) is 72.8 Å². The van der Waals surface area contributed by atoms with Crippen LogP contribution in [-0.2, 0) is 17.5 Å². The molecule has 3 fully saturated rings. The molecule has 3 aliphatic rings. The Morgan fingerprint density at radius 1 is 0.975 bits per heavy atom. The van der Waals surface area contributed by atoms with Crippen molar-refractivity contribution in [2.45, 2.75) is 37.8 Å². The molecule has 210 valence electrons. The number of alkyl halides is 3. The Labute approximate surface area is 229 Å². The summed E-state index contributed by atoms with van der Waals surface area (Å²) in [5, 5.41) is 12.1. The van der Waals surface area contributed by atoms with Gasteiger partial charge in [-0.3, -0.25) is 4.90 Å². The van der Waals surface area contributed by atoms with E-state index in [1.807, 2.05) is 36.4 Å². The number of nitrogens with one attached hydrogen (secondary N) is 1. The van der Waals surface area contributed by atoms with Crippen LogP contribution in [0.5, 0.6) is 5.75 Å². The van der Waals surface area contributed by atoms with Crippen molar-refractivity contribution < 1.29 is 37.3 Å². The Hall–Kier alpha value is -4.05. The van der Waals surface area contributed by atoms with Crippen LogP contribution < -0.4 is 10.1 Å². The lowest BCUT2D eigenvalue weighted by Gasteiger charge is -2.43. The Balaban J connectivity index is 1.32. The van der Waals surface area contributed by atoms with Crippen LogP contribution in [0.4, 0.5) is 18.0 Å². The molecule has 3 aliphatic heterocycles. The van der Waals surface area contributed by atoms with Crippen molar-refractivity contribution in [3.63, 3.8) is 0 Å². The second-order valence-corrected chi connectivity index (χ2v) is 10.1. The number of carbonyl (C=O) groups excluding carboxylic acids is 1. The van der Waals surface area contributed by atoms with E-state index in [0.717, 1.165) is 50.2 Å². The lowest BCUT2D eigenvalue weighted by molar-refractivity contribution is -0.138. The molecule has 3 heterocycles. The molecule has 3 aromatic rings. The van der Waals surface area contributed by atoms with Gasteiger partial charge in [0.15, 0.2) is 0 Å². The number of alkyl carbamates (subject to hydrolysis) is 1. The maximum atomic E-state index is 13.4. The summed E-state index contributed by atoms with van der Waals surface area (Å²) in [6.45, 7) is 2.60. The Kier molecular flexibility index (Phi) is 7.97. The van der Waals surface area contributed by atoms with Crippen molar-refractivity contribution in [3.8, 4) is 5.75 Å². The van der Waals surface area contributed by atoms with Crippen LogP contribution in [-0.4, -0.2) is 47.8 Å². The maximum Gasteiger partial charge on any atom is 0.417 e. The van der Waals surface area contributed by atoms with E-state index in [9.17, 15) is 22.8 Å². The lowest BCUT2D eigenvalue weighted by atomic mass is 9.86. The average Bonchev–Trinajstić information content (AvgIpc) is 2.95. The molecule has 0 aromatic heterocycles. The first-order chi connectivity index (χ1) is 19.2. The summed E-state index contributed by atoms with van der Waals surface area (Å²) in [5.74, 6) is -0.911. The quantitative estimate of drug-likeness (QED) is 0.361. The predicted molar refractivity (Wildman–Crippen MR) is 140 cm³/mol. The number of ether oxygens (including phenoxy) is 2. The minimum absolute atomic E-state index is 0.150. The average molecular weight is 555 g/mol. The van der Waals surface area contributed by atoms with E-state index < -0.39 is 35.4 Å². The van der Waals surface area contributed by atoms with E-state index in [-0.39, 0.29) is 18.3 Å². The molecule has 0 saturated carbocycles. The maximum absolute atomic E-state index is 13.4. The zero-order chi connectivity index (χ0) is 28.3. The van der Waals surface area contributed by atoms with Gasteiger partial charge in [-0.25, -0.2) is 9.59 Å². The van der Waals surface area contributed by atoms with E-state index >= 15 is 0 Å². The first kappa shape index (κ1) is 27.5. The summed E-state index contributed by atoms with van der Waals surface area (Å²) in [6.07, 6.45) is -3.45. The standard InChI is InChI=1S/C30H29F3N2O5/c31-30(32,33)25-15-19(9-10-24(25)28(36)37)18-39-23-8-4-7-22(16-23)27(21-5-2-1-3-6-21)34-29(38)40-26-17-35-13-11-20(26)12-14-35/h1-10,15-16,20,26-27H,11-14,17-18H2,(H,34,38)(H,36,37)/t26?,27-/m0/s1. The van der Waals surface area contributed by atoms with Gasteiger partial charge in [0.25, 0.3) is 0 Å². The van der Waals surface area contributed by atoms with E-state index in [2.05, 4.69) is 10.2 Å². The summed E-state index contributed by atoms with van der Waals surface area (Å²) >= 11 is 0. The molecule has 1 amide bonds. The number of hydrogen-bond acceptors (Lipinski definition) is 5. The summed E-state index contributed by atoms with van der Waals surface area (Å²) in [7, 11) is 0. The van der Waals surface area contributed by atoms with Gasteiger partial charge in [-0.15, -0.1) is 0 Å². The fourth-order valence-corrected chi connectivity index (χ4v) is 5.39. The second-order valence-electron chi connectivity index (χ2n) is 10.1. The Morgan fingerprint density at radius 2 is 1.70 bits per heavy atom. The number of rotatable bonds is 8. The van der Waals surface area contributed by atoms with Crippen LogP contribution in [0.1, 0.15) is 51.5 Å². The Morgan fingerprint density at radius 3 is 2.35 bits per heavy atom. The van der Waals surface area contributed by atoms with Crippen LogP contribution in [0.25, 0.3) is 0 Å². The molecule has 2 N–H and O–H groups in total. The number of fused-ring (bicyclic) bond motifs is 3. The molecular weight excluding hydrogens is 525 g/mol. The van der Waals surface area contributed by atoms with Crippen LogP contribution in [0.3, 0.4) is 0 Å². The summed E-state index contributed by atoms with van der Waals surface area (Å²) in [5.41, 5.74) is -0.359. The highest BCUT2D eigenvalue weighted by Gasteiger charge is 2.37. The van der Waals surface area contributed by atoms with Crippen molar-refractivity contribution >= 4 is 12.1 Å². The van der Waals surface area contributed by atoms with Crippen molar-refractivity contribution in [2.24, 2.45) is 5.92 Å². The zero-order valence-electron chi connectivity index (χ0n) is 21.6. The van der Waals surface area contributed by atoms with Crippen LogP contribution in [0, 0.1) is 5.92 Å². The number of benzene rings is 3. The monoisotopic (exact) mass is 554 g/mol. The number of carbonyl (C=O) groups is 2. The number of amides is 1. The van der Waals surface area contributed by atoms with Crippen LogP contribution in [0.2, 0.25) is 0 Å². The second kappa shape index (κ2) is 11.6. The molecule has 6 rings (SSSR count). The van der Waals surface area contributed by atoms with E-state index in [0.29, 0.717) is 17.2 Å². The molecule has 10 heteroatoms. The number of carboxylic acid groups (broad SMARTS) is 1. The highest BCUT2D eigenvalue weighted by Crippen LogP contribution is 2.34. The number of hydrogen-bond donors (Lipinski definition) is 2. The first-order valence-electron chi connectivity index (χ1n) is 13.1. The fourth-order valence-electron chi connectivity index (χ4n) is 5.39. The molecule has 1 unspecified atom stereocenters. The third-order valence-electron chi connectivity index (χ3n) is 7.47. The minimum Gasteiger partial charge on any atom is -0.489 e. The number of halogens is 3. The van der Waals surface area contributed by atoms with Crippen molar-refractivity contribution in [1.82, 2.24) is 10.2 Å². The highest BCUT2D eigenvalue weighted by atomic mass is 19.4. The molecular formula is C30H29F3N2O5. The Bertz CT molecular complexity index is 1360. The van der Waals surface area contributed by atoms with Gasteiger partial charge in [-0.1, -0.05) is 48.5 Å². The molecule has 40 heavy (non-hydrogen) atoms. The number of nitrogens with zero attached hydrogens (tertiary/aromatic N) is 1. The smallest absolute Gasteiger partial charge is 0.417 e. The normalized spacial score (nSPS) is 20.9. The first-order valence-corrected chi connectivity index (χ1v) is 13.1. The minimum atomic E-state index is -4.82. The van der Waals surface area contributed by atoms with Crippen LogP contribution in [0.15, 0.2) is 72.8 Å². The van der Waals surface area contributed by atoms with Gasteiger partial charge in [-0.2, -0.15) is 13.2 Å². The summed E-state index contributed by atoms with van der Waals surface area (Å²) < 4.78 is 51.8. The van der Waals surface area contributed by atoms with Gasteiger partial charge < -0.3 is 19.9 Å². The highest BCUT2D eigenvalue weighted by molar-refractivity contribution is 5.89. The van der Waals surface area contributed by atoms with Gasteiger partial charge in [0.1, 0.15) is 18.5 Å². The number of piperidine rings is 3. The van der Waals surface area contributed by atoms with Crippen molar-refractivity contribution in [3.05, 3.63) is 101 Å². The lowest BCUT2D eigenvalue weighted by Crippen LogP contribution is -2.52.